The number of rotatable bonds is 7. The van der Waals surface area contributed by atoms with E-state index in [1.807, 2.05) is 67.7 Å². The Morgan fingerprint density at radius 2 is 1.54 bits per heavy atom. The minimum absolute atomic E-state index is 0.0889. The fourth-order valence-corrected chi connectivity index (χ4v) is 3.47. The molecule has 0 atom stereocenters. The second-order valence-electron chi connectivity index (χ2n) is 6.86. The number of carbonyl (C=O) groups is 1. The van der Waals surface area contributed by atoms with Crippen LogP contribution >= 0.6 is 11.8 Å². The minimum Gasteiger partial charge on any atom is -0.371 e. The van der Waals surface area contributed by atoms with Crippen molar-refractivity contribution < 1.29 is 4.79 Å². The van der Waals surface area contributed by atoms with Crippen molar-refractivity contribution in [2.24, 2.45) is 0 Å². The van der Waals surface area contributed by atoms with Crippen molar-refractivity contribution in [3.8, 4) is 0 Å². The van der Waals surface area contributed by atoms with Crippen LogP contribution in [0.1, 0.15) is 33.3 Å². The molecule has 3 nitrogen and oxygen atoms in total. The highest BCUT2D eigenvalue weighted by Crippen LogP contribution is 2.28. The number of carbonyl (C=O) groups excluding carboxylic acids is 1. The van der Waals surface area contributed by atoms with E-state index in [0.717, 1.165) is 10.6 Å². The van der Waals surface area contributed by atoms with E-state index < -0.39 is 0 Å². The largest absolute Gasteiger partial charge is 0.371 e. The average Bonchev–Trinajstić information content (AvgIpc) is 2.60. The van der Waals surface area contributed by atoms with E-state index in [1.165, 1.54) is 17.3 Å². The van der Waals surface area contributed by atoms with Crippen LogP contribution in [0.3, 0.4) is 0 Å². The van der Waals surface area contributed by atoms with Gasteiger partial charge in [-0.15, -0.1) is 0 Å². The normalized spacial score (nSPS) is 11.7. The zero-order chi connectivity index (χ0) is 19.1. The third kappa shape index (κ3) is 5.95. The van der Waals surface area contributed by atoms with Gasteiger partial charge in [0, 0.05) is 28.9 Å². The summed E-state index contributed by atoms with van der Waals surface area (Å²) >= 11 is 1.49. The van der Waals surface area contributed by atoms with Gasteiger partial charge in [0.25, 0.3) is 5.91 Å². The Balaban J connectivity index is 2.29. The topological polar surface area (TPSA) is 32.3 Å². The molecule has 0 saturated heterocycles. The summed E-state index contributed by atoms with van der Waals surface area (Å²) in [6, 6.07) is 18.5. The molecule has 0 aliphatic carbocycles. The maximum Gasteiger partial charge on any atom is 0.263 e. The lowest BCUT2D eigenvalue weighted by molar-refractivity contribution is -0.112. The second kappa shape index (κ2) is 9.48. The Morgan fingerprint density at radius 1 is 0.962 bits per heavy atom. The Hall–Kier alpha value is -2.20. The number of thioether (sulfide) groups is 1. The lowest BCUT2D eigenvalue weighted by atomic mass is 10.2. The van der Waals surface area contributed by atoms with Gasteiger partial charge in [0.05, 0.1) is 4.91 Å². The van der Waals surface area contributed by atoms with Crippen LogP contribution < -0.4 is 5.32 Å². The molecule has 1 amide bonds. The van der Waals surface area contributed by atoms with Gasteiger partial charge in [-0.25, -0.2) is 0 Å². The molecule has 0 fully saturated rings. The van der Waals surface area contributed by atoms with Crippen molar-refractivity contribution in [2.45, 2.75) is 51.6 Å². The molecule has 4 heteroatoms. The summed E-state index contributed by atoms with van der Waals surface area (Å²) in [7, 11) is 0. The average molecular weight is 369 g/mol. The van der Waals surface area contributed by atoms with Crippen LogP contribution in [0, 0.1) is 6.92 Å². The van der Waals surface area contributed by atoms with Crippen LogP contribution in [0.25, 0.3) is 0 Å². The van der Waals surface area contributed by atoms with Gasteiger partial charge in [-0.1, -0.05) is 47.7 Å². The molecule has 2 aromatic rings. The highest BCUT2D eigenvalue weighted by atomic mass is 32.2. The van der Waals surface area contributed by atoms with E-state index in [9.17, 15) is 4.79 Å². The van der Waals surface area contributed by atoms with Crippen molar-refractivity contribution in [1.29, 1.82) is 0 Å². The summed E-state index contributed by atoms with van der Waals surface area (Å²) in [5.74, 6) is -0.0889. The van der Waals surface area contributed by atoms with Crippen LogP contribution in [0.4, 0.5) is 5.69 Å². The molecule has 138 valence electrons. The third-order valence-corrected chi connectivity index (χ3v) is 4.98. The molecule has 26 heavy (non-hydrogen) atoms. The molecule has 2 rings (SSSR count). The molecular formula is C22H28N2OS. The molecule has 0 radical (unpaired) electrons. The van der Waals surface area contributed by atoms with Gasteiger partial charge in [0.1, 0.15) is 0 Å². The van der Waals surface area contributed by atoms with Gasteiger partial charge in [-0.3, -0.25) is 4.79 Å². The zero-order valence-corrected chi connectivity index (χ0v) is 17.0. The Bertz CT molecular complexity index is 728. The Kier molecular flexibility index (Phi) is 7.34. The summed E-state index contributed by atoms with van der Waals surface area (Å²) in [4.78, 5) is 16.9. The number of hydrogen-bond acceptors (Lipinski definition) is 3. The molecule has 2 aromatic carbocycles. The predicted molar refractivity (Wildman–Crippen MR) is 112 cm³/mol. The molecule has 0 bridgehead atoms. The highest BCUT2D eigenvalue weighted by molar-refractivity contribution is 8.04. The molecule has 1 N–H and O–H groups in total. The van der Waals surface area contributed by atoms with Crippen LogP contribution in [-0.4, -0.2) is 22.9 Å². The van der Waals surface area contributed by atoms with Gasteiger partial charge >= 0.3 is 0 Å². The lowest BCUT2D eigenvalue weighted by Gasteiger charge is -2.30. The summed E-state index contributed by atoms with van der Waals surface area (Å²) in [5, 5.41) is 3.02. The lowest BCUT2D eigenvalue weighted by Crippen LogP contribution is -2.33. The molecule has 0 saturated carbocycles. The first-order valence-corrected chi connectivity index (χ1v) is 9.78. The smallest absolute Gasteiger partial charge is 0.263 e. The standard InChI is InChI=1S/C22H28N2OS/c1-16(2)24(17(3)4)15-21(26-20-9-7-6-8-10-20)22(25)23-19-13-11-18(5)12-14-19/h6-17H,1-5H3,(H,23,25)/b21-15-. The van der Waals surface area contributed by atoms with E-state index in [1.54, 1.807) is 0 Å². The van der Waals surface area contributed by atoms with Gasteiger partial charge in [-0.2, -0.15) is 0 Å². The molecule has 0 unspecified atom stereocenters. The fraction of sp³-hybridized carbons (Fsp3) is 0.318. The van der Waals surface area contributed by atoms with Crippen LogP contribution in [-0.2, 0) is 4.79 Å². The highest BCUT2D eigenvalue weighted by Gasteiger charge is 2.17. The third-order valence-electron chi connectivity index (χ3n) is 3.96. The fourth-order valence-electron chi connectivity index (χ4n) is 2.61. The first-order chi connectivity index (χ1) is 12.4. The number of benzene rings is 2. The summed E-state index contributed by atoms with van der Waals surface area (Å²) in [5.41, 5.74) is 1.98. The van der Waals surface area contributed by atoms with Crippen molar-refractivity contribution in [1.82, 2.24) is 4.90 Å². The van der Waals surface area contributed by atoms with Crippen LogP contribution in [0.15, 0.2) is 70.6 Å². The minimum atomic E-state index is -0.0889. The molecule has 0 aliphatic heterocycles. The van der Waals surface area contributed by atoms with E-state index in [0.29, 0.717) is 17.0 Å². The van der Waals surface area contributed by atoms with Crippen molar-refractivity contribution in [3.05, 3.63) is 71.3 Å². The van der Waals surface area contributed by atoms with Gasteiger partial charge in [0.15, 0.2) is 0 Å². The van der Waals surface area contributed by atoms with Gasteiger partial charge < -0.3 is 10.2 Å². The monoisotopic (exact) mass is 368 g/mol. The van der Waals surface area contributed by atoms with Crippen molar-refractivity contribution in [2.75, 3.05) is 5.32 Å². The Morgan fingerprint density at radius 3 is 2.08 bits per heavy atom. The van der Waals surface area contributed by atoms with Crippen molar-refractivity contribution in [3.63, 3.8) is 0 Å². The molecule has 0 aliphatic rings. The second-order valence-corrected chi connectivity index (χ2v) is 7.98. The first kappa shape index (κ1) is 20.1. The van der Waals surface area contributed by atoms with E-state index in [4.69, 9.17) is 0 Å². The predicted octanol–water partition coefficient (Wildman–Crippen LogP) is 5.69. The SMILES string of the molecule is Cc1ccc(NC(=O)/C(=C/N(C(C)C)C(C)C)Sc2ccccc2)cc1. The number of aryl methyl sites for hydroxylation is 1. The number of anilines is 1. The van der Waals surface area contributed by atoms with E-state index in [2.05, 4.69) is 37.9 Å². The quantitative estimate of drug-likeness (QED) is 0.503. The summed E-state index contributed by atoms with van der Waals surface area (Å²) in [6.45, 7) is 10.6. The summed E-state index contributed by atoms with van der Waals surface area (Å²) in [6.07, 6.45) is 1.98. The number of amides is 1. The van der Waals surface area contributed by atoms with Crippen molar-refractivity contribution >= 4 is 23.4 Å². The Labute approximate surface area is 161 Å². The zero-order valence-electron chi connectivity index (χ0n) is 16.2. The van der Waals surface area contributed by atoms with E-state index >= 15 is 0 Å². The molecular weight excluding hydrogens is 340 g/mol. The summed E-state index contributed by atoms with van der Waals surface area (Å²) < 4.78 is 0. The van der Waals surface area contributed by atoms with Crippen LogP contribution in [0.5, 0.6) is 0 Å². The molecule has 0 aromatic heterocycles. The number of hydrogen-bond donors (Lipinski definition) is 1. The number of nitrogens with zero attached hydrogens (tertiary/aromatic N) is 1. The maximum atomic E-state index is 13.0. The van der Waals surface area contributed by atoms with Gasteiger partial charge in [-0.05, 0) is 58.9 Å². The maximum absolute atomic E-state index is 13.0. The van der Waals surface area contributed by atoms with Crippen LogP contribution in [0.2, 0.25) is 0 Å². The molecule has 0 heterocycles. The first-order valence-electron chi connectivity index (χ1n) is 8.97. The van der Waals surface area contributed by atoms with Gasteiger partial charge in [0.2, 0.25) is 0 Å². The van der Waals surface area contributed by atoms with E-state index in [-0.39, 0.29) is 5.91 Å². The number of nitrogens with one attached hydrogen (secondary N) is 1. The molecule has 0 spiro atoms.